The van der Waals surface area contributed by atoms with Crippen molar-refractivity contribution in [1.29, 1.82) is 0 Å². The number of halogens is 1. The Kier molecular flexibility index (Phi) is 7.79. The van der Waals surface area contributed by atoms with Crippen LogP contribution >= 0.6 is 12.4 Å². The van der Waals surface area contributed by atoms with E-state index in [4.69, 9.17) is 5.73 Å². The summed E-state index contributed by atoms with van der Waals surface area (Å²) in [6, 6.07) is 10.3. The minimum Gasteiger partial charge on any atom is -0.351 e. The second kappa shape index (κ2) is 8.25. The van der Waals surface area contributed by atoms with E-state index >= 15 is 0 Å². The molecule has 1 rings (SSSR count). The summed E-state index contributed by atoms with van der Waals surface area (Å²) < 4.78 is 0. The van der Waals surface area contributed by atoms with Crippen LogP contribution in [0.15, 0.2) is 30.3 Å². The topological polar surface area (TPSA) is 58.4 Å². The van der Waals surface area contributed by atoms with Crippen molar-refractivity contribution in [2.45, 2.75) is 38.9 Å². The number of benzene rings is 1. The highest BCUT2D eigenvalue weighted by Crippen LogP contribution is 2.04. The predicted molar refractivity (Wildman–Crippen MR) is 85.9 cm³/mol. The van der Waals surface area contributed by atoms with Gasteiger partial charge in [-0.2, -0.15) is 0 Å². The van der Waals surface area contributed by atoms with Crippen molar-refractivity contribution in [3.05, 3.63) is 35.9 Å². The number of amides is 1. The summed E-state index contributed by atoms with van der Waals surface area (Å²) in [5.74, 6) is -0.117. The third-order valence-corrected chi connectivity index (χ3v) is 2.84. The number of nitrogens with zero attached hydrogens (tertiary/aromatic N) is 1. The molecule has 0 spiro atoms. The number of rotatable bonds is 6. The SMILES string of the molecule is CC(CN(C)Cc1ccccc1)NC(=O)C(C)(C)N.Cl. The van der Waals surface area contributed by atoms with E-state index in [0.717, 1.165) is 13.1 Å². The summed E-state index contributed by atoms with van der Waals surface area (Å²) in [6.07, 6.45) is 0. The van der Waals surface area contributed by atoms with Crippen LogP contribution < -0.4 is 11.1 Å². The Bertz CT molecular complexity index is 403. The average molecular weight is 300 g/mol. The summed E-state index contributed by atoms with van der Waals surface area (Å²) in [5.41, 5.74) is 6.20. The fraction of sp³-hybridized carbons (Fsp3) is 0.533. The molecule has 1 amide bonds. The molecule has 0 aliphatic carbocycles. The molecule has 0 aliphatic heterocycles. The molecule has 0 saturated heterocycles. The van der Waals surface area contributed by atoms with Crippen LogP contribution in [-0.2, 0) is 11.3 Å². The minimum atomic E-state index is -0.827. The molecule has 0 fully saturated rings. The predicted octanol–water partition coefficient (Wildman–Crippen LogP) is 1.78. The average Bonchev–Trinajstić information content (AvgIpc) is 2.28. The lowest BCUT2D eigenvalue weighted by molar-refractivity contribution is -0.125. The molecule has 3 N–H and O–H groups in total. The van der Waals surface area contributed by atoms with Crippen LogP contribution in [0.5, 0.6) is 0 Å². The zero-order valence-corrected chi connectivity index (χ0v) is 13.5. The number of nitrogens with two attached hydrogens (primary N) is 1. The van der Waals surface area contributed by atoms with Gasteiger partial charge in [0.25, 0.3) is 0 Å². The Balaban J connectivity index is 0.00000361. The van der Waals surface area contributed by atoms with Gasteiger partial charge in [0, 0.05) is 19.1 Å². The first-order valence-corrected chi connectivity index (χ1v) is 6.61. The van der Waals surface area contributed by atoms with E-state index in [1.165, 1.54) is 5.56 Å². The first kappa shape index (κ1) is 18.9. The highest BCUT2D eigenvalue weighted by molar-refractivity contribution is 5.85. The zero-order chi connectivity index (χ0) is 14.5. The molecule has 0 aromatic heterocycles. The molecule has 20 heavy (non-hydrogen) atoms. The number of carbonyl (C=O) groups excluding carboxylic acids is 1. The van der Waals surface area contributed by atoms with Crippen LogP contribution in [0.3, 0.4) is 0 Å². The van der Waals surface area contributed by atoms with Gasteiger partial charge in [0.15, 0.2) is 0 Å². The molecule has 114 valence electrons. The van der Waals surface area contributed by atoms with Crippen LogP contribution in [0, 0.1) is 0 Å². The first-order chi connectivity index (χ1) is 8.79. The smallest absolute Gasteiger partial charge is 0.239 e. The Hall–Kier alpha value is -1.10. The Morgan fingerprint density at radius 3 is 2.40 bits per heavy atom. The summed E-state index contributed by atoms with van der Waals surface area (Å²) in [4.78, 5) is 13.9. The Morgan fingerprint density at radius 2 is 1.90 bits per heavy atom. The zero-order valence-electron chi connectivity index (χ0n) is 12.7. The normalized spacial score (nSPS) is 12.7. The molecule has 0 heterocycles. The maximum atomic E-state index is 11.8. The number of likely N-dealkylation sites (N-methyl/N-ethyl adjacent to an activating group) is 1. The van der Waals surface area contributed by atoms with Gasteiger partial charge >= 0.3 is 0 Å². The third-order valence-electron chi connectivity index (χ3n) is 2.84. The number of carbonyl (C=O) groups is 1. The van der Waals surface area contributed by atoms with Gasteiger partial charge < -0.3 is 16.0 Å². The van der Waals surface area contributed by atoms with Crippen LogP contribution in [0.1, 0.15) is 26.3 Å². The summed E-state index contributed by atoms with van der Waals surface area (Å²) in [6.45, 7) is 7.07. The van der Waals surface area contributed by atoms with Gasteiger partial charge in [0.05, 0.1) is 5.54 Å². The van der Waals surface area contributed by atoms with Crippen molar-refractivity contribution < 1.29 is 4.79 Å². The van der Waals surface area contributed by atoms with Crippen LogP contribution in [0.25, 0.3) is 0 Å². The van der Waals surface area contributed by atoms with Crippen molar-refractivity contribution in [3.63, 3.8) is 0 Å². The number of hydrogen-bond acceptors (Lipinski definition) is 3. The van der Waals surface area contributed by atoms with Gasteiger partial charge in [-0.1, -0.05) is 30.3 Å². The monoisotopic (exact) mass is 299 g/mol. The molecule has 1 aromatic rings. The highest BCUT2D eigenvalue weighted by atomic mass is 35.5. The van der Waals surface area contributed by atoms with Gasteiger partial charge in [-0.25, -0.2) is 0 Å². The molecule has 0 radical (unpaired) electrons. The molecule has 1 unspecified atom stereocenters. The van der Waals surface area contributed by atoms with Gasteiger partial charge in [0.2, 0.25) is 5.91 Å². The molecule has 0 aliphatic rings. The van der Waals surface area contributed by atoms with E-state index in [1.54, 1.807) is 13.8 Å². The standard InChI is InChI=1S/C15H25N3O.ClH/c1-12(17-14(19)15(2,3)16)10-18(4)11-13-8-6-5-7-9-13;/h5-9,12H,10-11,16H2,1-4H3,(H,17,19);1H. The quantitative estimate of drug-likeness (QED) is 0.842. The van der Waals surface area contributed by atoms with Gasteiger partial charge in [-0.05, 0) is 33.4 Å². The maximum Gasteiger partial charge on any atom is 0.239 e. The minimum absolute atomic E-state index is 0. The largest absolute Gasteiger partial charge is 0.351 e. The van der Waals surface area contributed by atoms with Crippen LogP contribution in [0.4, 0.5) is 0 Å². The lowest BCUT2D eigenvalue weighted by Gasteiger charge is -2.25. The van der Waals surface area contributed by atoms with Crippen LogP contribution in [0.2, 0.25) is 0 Å². The van der Waals surface area contributed by atoms with E-state index in [1.807, 2.05) is 32.2 Å². The fourth-order valence-corrected chi connectivity index (χ4v) is 1.88. The molecule has 1 atom stereocenters. The molecule has 1 aromatic carbocycles. The van der Waals surface area contributed by atoms with Crippen LogP contribution in [-0.4, -0.2) is 36.0 Å². The summed E-state index contributed by atoms with van der Waals surface area (Å²) in [5, 5.41) is 2.93. The fourth-order valence-electron chi connectivity index (χ4n) is 1.88. The molecule has 0 saturated carbocycles. The van der Waals surface area contributed by atoms with Gasteiger partial charge in [0.1, 0.15) is 0 Å². The van der Waals surface area contributed by atoms with E-state index in [9.17, 15) is 4.79 Å². The van der Waals surface area contributed by atoms with E-state index < -0.39 is 5.54 Å². The first-order valence-electron chi connectivity index (χ1n) is 6.61. The van der Waals surface area contributed by atoms with Crippen molar-refractivity contribution >= 4 is 18.3 Å². The van der Waals surface area contributed by atoms with Crippen molar-refractivity contribution in [2.24, 2.45) is 5.73 Å². The van der Waals surface area contributed by atoms with E-state index in [0.29, 0.717) is 0 Å². The second-order valence-electron chi connectivity index (χ2n) is 5.78. The highest BCUT2D eigenvalue weighted by Gasteiger charge is 2.23. The lowest BCUT2D eigenvalue weighted by Crippen LogP contribution is -2.53. The van der Waals surface area contributed by atoms with Crippen molar-refractivity contribution in [2.75, 3.05) is 13.6 Å². The molecular weight excluding hydrogens is 274 g/mol. The number of nitrogens with one attached hydrogen (secondary N) is 1. The van der Waals surface area contributed by atoms with E-state index in [2.05, 4.69) is 22.3 Å². The summed E-state index contributed by atoms with van der Waals surface area (Å²) >= 11 is 0. The lowest BCUT2D eigenvalue weighted by atomic mass is 10.1. The third kappa shape index (κ3) is 6.89. The molecule has 0 bridgehead atoms. The van der Waals surface area contributed by atoms with Crippen molar-refractivity contribution in [3.8, 4) is 0 Å². The molecule has 4 nitrogen and oxygen atoms in total. The van der Waals surface area contributed by atoms with Crippen molar-refractivity contribution in [1.82, 2.24) is 10.2 Å². The summed E-state index contributed by atoms with van der Waals surface area (Å²) in [7, 11) is 2.04. The number of hydrogen-bond donors (Lipinski definition) is 2. The molecule has 5 heteroatoms. The molecular formula is C15H26ClN3O. The van der Waals surface area contributed by atoms with Gasteiger partial charge in [-0.3, -0.25) is 4.79 Å². The van der Waals surface area contributed by atoms with Gasteiger partial charge in [-0.15, -0.1) is 12.4 Å². The second-order valence-corrected chi connectivity index (χ2v) is 5.78. The Morgan fingerprint density at radius 1 is 1.35 bits per heavy atom. The Labute approximate surface area is 128 Å². The maximum absolute atomic E-state index is 11.8. The van der Waals surface area contributed by atoms with E-state index in [-0.39, 0.29) is 24.4 Å².